The van der Waals surface area contributed by atoms with Gasteiger partial charge in [0.05, 0.1) is 7.11 Å². The number of rotatable bonds is 4. The quantitative estimate of drug-likeness (QED) is 0.672. The molecular formula is C19H19NO3. The number of ketones is 1. The van der Waals surface area contributed by atoms with Gasteiger partial charge in [-0.1, -0.05) is 24.3 Å². The molecule has 1 fully saturated rings. The SMILES string of the molecule is COc1cc(C(=O)CC2C3Cc4ccccc4C23)c(N)cc1O. The van der Waals surface area contributed by atoms with Crippen LogP contribution < -0.4 is 10.5 Å². The van der Waals surface area contributed by atoms with Crippen molar-refractivity contribution in [2.45, 2.75) is 18.8 Å². The van der Waals surface area contributed by atoms with E-state index in [0.29, 0.717) is 35.4 Å². The second-order valence-corrected chi connectivity index (χ2v) is 6.50. The summed E-state index contributed by atoms with van der Waals surface area (Å²) < 4.78 is 5.07. The Morgan fingerprint density at radius 1 is 1.35 bits per heavy atom. The summed E-state index contributed by atoms with van der Waals surface area (Å²) in [4.78, 5) is 12.6. The average Bonchev–Trinajstić information content (AvgIpc) is 3.04. The van der Waals surface area contributed by atoms with E-state index in [4.69, 9.17) is 10.5 Å². The highest BCUT2D eigenvalue weighted by molar-refractivity contribution is 6.02. The predicted octanol–water partition coefficient (Wildman–Crippen LogP) is 3.14. The van der Waals surface area contributed by atoms with Crippen LogP contribution in [0.25, 0.3) is 0 Å². The third-order valence-corrected chi connectivity index (χ3v) is 5.27. The van der Waals surface area contributed by atoms with Crippen LogP contribution in [0.1, 0.15) is 33.8 Å². The lowest BCUT2D eigenvalue weighted by Crippen LogP contribution is -2.07. The molecule has 118 valence electrons. The summed E-state index contributed by atoms with van der Waals surface area (Å²) in [5.74, 6) is 1.80. The molecule has 0 aromatic heterocycles. The number of hydrogen-bond acceptors (Lipinski definition) is 4. The van der Waals surface area contributed by atoms with Gasteiger partial charge in [-0.3, -0.25) is 4.79 Å². The number of carbonyl (C=O) groups is 1. The van der Waals surface area contributed by atoms with Gasteiger partial charge >= 0.3 is 0 Å². The number of methoxy groups -OCH3 is 1. The van der Waals surface area contributed by atoms with Crippen LogP contribution in [0.4, 0.5) is 5.69 Å². The summed E-state index contributed by atoms with van der Waals surface area (Å²) in [6, 6.07) is 11.4. The van der Waals surface area contributed by atoms with Crippen LogP contribution in [0, 0.1) is 11.8 Å². The Morgan fingerprint density at radius 3 is 2.91 bits per heavy atom. The second kappa shape index (κ2) is 5.01. The molecule has 3 unspecified atom stereocenters. The number of ether oxygens (including phenoxy) is 1. The average molecular weight is 309 g/mol. The first-order chi connectivity index (χ1) is 11.1. The van der Waals surface area contributed by atoms with Crippen LogP contribution in [-0.4, -0.2) is 18.0 Å². The maximum Gasteiger partial charge on any atom is 0.165 e. The van der Waals surface area contributed by atoms with Crippen molar-refractivity contribution in [1.82, 2.24) is 0 Å². The molecule has 3 atom stereocenters. The lowest BCUT2D eigenvalue weighted by molar-refractivity contribution is 0.0973. The molecular weight excluding hydrogens is 290 g/mol. The summed E-state index contributed by atoms with van der Waals surface area (Å²) in [7, 11) is 1.46. The minimum atomic E-state index is -0.0428. The van der Waals surface area contributed by atoms with Gasteiger partial charge in [0, 0.05) is 23.7 Å². The van der Waals surface area contributed by atoms with Gasteiger partial charge in [-0.05, 0) is 41.4 Å². The van der Waals surface area contributed by atoms with Crippen molar-refractivity contribution in [3.63, 3.8) is 0 Å². The Morgan fingerprint density at radius 2 is 2.13 bits per heavy atom. The molecule has 0 spiro atoms. The zero-order valence-corrected chi connectivity index (χ0v) is 13.0. The molecule has 4 nitrogen and oxygen atoms in total. The van der Waals surface area contributed by atoms with E-state index in [9.17, 15) is 9.90 Å². The molecule has 2 aromatic carbocycles. The topological polar surface area (TPSA) is 72.5 Å². The highest BCUT2D eigenvalue weighted by Crippen LogP contribution is 2.63. The maximum absolute atomic E-state index is 12.6. The summed E-state index contributed by atoms with van der Waals surface area (Å²) in [6.07, 6.45) is 1.58. The summed E-state index contributed by atoms with van der Waals surface area (Å²) in [5, 5.41) is 9.72. The molecule has 4 heteroatoms. The molecule has 0 heterocycles. The Kier molecular flexibility index (Phi) is 3.08. The van der Waals surface area contributed by atoms with E-state index in [0.717, 1.165) is 6.42 Å². The van der Waals surface area contributed by atoms with Gasteiger partial charge in [0.2, 0.25) is 0 Å². The molecule has 0 radical (unpaired) electrons. The third kappa shape index (κ3) is 2.17. The second-order valence-electron chi connectivity index (χ2n) is 6.50. The maximum atomic E-state index is 12.6. The minimum absolute atomic E-state index is 0.0256. The number of nitrogens with two attached hydrogens (primary N) is 1. The molecule has 0 aliphatic heterocycles. The van der Waals surface area contributed by atoms with E-state index >= 15 is 0 Å². The summed E-state index contributed by atoms with van der Waals surface area (Å²) >= 11 is 0. The minimum Gasteiger partial charge on any atom is -0.504 e. The monoisotopic (exact) mass is 309 g/mol. The Hall–Kier alpha value is -2.49. The standard InChI is InChI=1S/C19H19NO3/c1-23-18-8-14(15(20)9-17(18)22)16(21)7-13-12-6-10-4-2-3-5-11(10)19(12)13/h2-5,8-9,12-13,19,22H,6-7,20H2,1H3. The lowest BCUT2D eigenvalue weighted by Gasteiger charge is -2.11. The van der Waals surface area contributed by atoms with Crippen molar-refractivity contribution in [2.24, 2.45) is 11.8 Å². The highest BCUT2D eigenvalue weighted by atomic mass is 16.5. The molecule has 0 saturated heterocycles. The fourth-order valence-corrected chi connectivity index (χ4v) is 4.08. The van der Waals surface area contributed by atoms with Crippen molar-refractivity contribution >= 4 is 11.5 Å². The number of aromatic hydroxyl groups is 1. The van der Waals surface area contributed by atoms with Crippen LogP contribution in [0.15, 0.2) is 36.4 Å². The van der Waals surface area contributed by atoms with Crippen LogP contribution in [0.2, 0.25) is 0 Å². The number of Topliss-reactive ketones (excluding diaryl/α,β-unsaturated/α-hetero) is 1. The van der Waals surface area contributed by atoms with E-state index in [2.05, 4.69) is 24.3 Å². The zero-order valence-electron chi connectivity index (χ0n) is 13.0. The zero-order chi connectivity index (χ0) is 16.1. The van der Waals surface area contributed by atoms with Gasteiger partial charge in [-0.25, -0.2) is 0 Å². The van der Waals surface area contributed by atoms with E-state index in [1.54, 1.807) is 6.07 Å². The van der Waals surface area contributed by atoms with E-state index in [1.165, 1.54) is 24.3 Å². The number of phenolic OH excluding ortho intramolecular Hbond substituents is 1. The molecule has 0 amide bonds. The van der Waals surface area contributed by atoms with Crippen LogP contribution in [-0.2, 0) is 6.42 Å². The molecule has 1 saturated carbocycles. The van der Waals surface area contributed by atoms with Crippen molar-refractivity contribution in [3.8, 4) is 11.5 Å². The van der Waals surface area contributed by atoms with E-state index in [1.807, 2.05) is 0 Å². The molecule has 2 aliphatic carbocycles. The van der Waals surface area contributed by atoms with Crippen molar-refractivity contribution in [1.29, 1.82) is 0 Å². The smallest absolute Gasteiger partial charge is 0.165 e. The first-order valence-electron chi connectivity index (χ1n) is 7.87. The first-order valence-corrected chi connectivity index (χ1v) is 7.87. The van der Waals surface area contributed by atoms with Gasteiger partial charge in [0.1, 0.15) is 0 Å². The Bertz CT molecular complexity index is 799. The van der Waals surface area contributed by atoms with Gasteiger partial charge in [-0.15, -0.1) is 0 Å². The molecule has 23 heavy (non-hydrogen) atoms. The van der Waals surface area contributed by atoms with Crippen LogP contribution >= 0.6 is 0 Å². The van der Waals surface area contributed by atoms with Crippen LogP contribution in [0.5, 0.6) is 11.5 Å². The van der Waals surface area contributed by atoms with Crippen LogP contribution in [0.3, 0.4) is 0 Å². The van der Waals surface area contributed by atoms with E-state index < -0.39 is 0 Å². The number of fused-ring (bicyclic) bond motifs is 3. The van der Waals surface area contributed by atoms with Crippen molar-refractivity contribution in [2.75, 3.05) is 12.8 Å². The Labute approximate surface area is 134 Å². The highest BCUT2D eigenvalue weighted by Gasteiger charge is 2.55. The number of benzene rings is 2. The normalized spacial score (nSPS) is 24.0. The number of carbonyl (C=O) groups excluding carboxylic acids is 1. The molecule has 0 bridgehead atoms. The number of hydrogen-bond donors (Lipinski definition) is 2. The van der Waals surface area contributed by atoms with Gasteiger partial charge in [0.15, 0.2) is 17.3 Å². The fourth-order valence-electron chi connectivity index (χ4n) is 4.08. The van der Waals surface area contributed by atoms with Gasteiger partial charge in [-0.2, -0.15) is 0 Å². The van der Waals surface area contributed by atoms with Crippen molar-refractivity contribution in [3.05, 3.63) is 53.1 Å². The molecule has 2 aromatic rings. The fraction of sp³-hybridized carbons (Fsp3) is 0.316. The summed E-state index contributed by atoms with van der Waals surface area (Å²) in [6.45, 7) is 0. The largest absolute Gasteiger partial charge is 0.504 e. The number of phenols is 1. The van der Waals surface area contributed by atoms with E-state index in [-0.39, 0.29) is 17.3 Å². The number of nitrogen functional groups attached to an aromatic ring is 1. The molecule has 4 rings (SSSR count). The third-order valence-electron chi connectivity index (χ3n) is 5.27. The Balaban J connectivity index is 1.53. The van der Waals surface area contributed by atoms with Gasteiger partial charge in [0.25, 0.3) is 0 Å². The molecule has 2 aliphatic rings. The molecule has 3 N–H and O–H groups in total. The number of anilines is 1. The predicted molar refractivity (Wildman–Crippen MR) is 87.9 cm³/mol. The van der Waals surface area contributed by atoms with Gasteiger partial charge < -0.3 is 15.6 Å². The van der Waals surface area contributed by atoms with Crippen molar-refractivity contribution < 1.29 is 14.6 Å². The lowest BCUT2D eigenvalue weighted by atomic mass is 9.96. The summed E-state index contributed by atoms with van der Waals surface area (Å²) in [5.41, 5.74) is 9.48. The first kappa shape index (κ1) is 14.1.